The monoisotopic (exact) mass is 414 g/mol. The highest BCUT2D eigenvalue weighted by molar-refractivity contribution is 7.92. The number of carbonyl (C=O) groups is 1. The molecular formula is C16H12Cl2N2O3S2. The van der Waals surface area contributed by atoms with Gasteiger partial charge in [-0.25, -0.2) is 13.4 Å². The van der Waals surface area contributed by atoms with Crippen LogP contribution in [0.4, 0.5) is 5.13 Å². The highest BCUT2D eigenvalue weighted by Gasteiger charge is 2.20. The molecule has 2 aromatic carbocycles. The number of carbonyl (C=O) groups excluding carboxylic acids is 1. The molecule has 0 saturated carbocycles. The largest absolute Gasteiger partial charge is 0.301 e. The summed E-state index contributed by atoms with van der Waals surface area (Å²) in [6.45, 7) is 1.85. The molecule has 1 aromatic heterocycles. The van der Waals surface area contributed by atoms with E-state index in [0.29, 0.717) is 20.3 Å². The van der Waals surface area contributed by atoms with Crippen LogP contribution in [0.5, 0.6) is 0 Å². The Morgan fingerprint density at radius 1 is 1.12 bits per heavy atom. The smallest absolute Gasteiger partial charge is 0.241 e. The van der Waals surface area contributed by atoms with Gasteiger partial charge in [-0.05, 0) is 31.2 Å². The first-order valence-corrected chi connectivity index (χ1v) is 10.3. The normalized spacial score (nSPS) is 11.6. The van der Waals surface area contributed by atoms with E-state index in [9.17, 15) is 13.2 Å². The molecule has 9 heteroatoms. The molecule has 0 radical (unpaired) electrons. The number of fused-ring (bicyclic) bond motifs is 1. The summed E-state index contributed by atoms with van der Waals surface area (Å²) in [7, 11) is -3.73. The zero-order chi connectivity index (χ0) is 18.2. The average Bonchev–Trinajstić information content (AvgIpc) is 2.95. The third kappa shape index (κ3) is 3.95. The van der Waals surface area contributed by atoms with Crippen LogP contribution in [0.1, 0.15) is 5.56 Å². The summed E-state index contributed by atoms with van der Waals surface area (Å²) in [6.07, 6.45) is 0. The number of hydrogen-bond donors (Lipinski definition) is 1. The highest BCUT2D eigenvalue weighted by atomic mass is 35.5. The van der Waals surface area contributed by atoms with Crippen LogP contribution in [0, 0.1) is 6.92 Å². The van der Waals surface area contributed by atoms with Gasteiger partial charge in [0.1, 0.15) is 11.3 Å². The predicted octanol–water partition coefficient (Wildman–Crippen LogP) is 4.32. The Balaban J connectivity index is 1.80. The van der Waals surface area contributed by atoms with Crippen molar-refractivity contribution in [1.29, 1.82) is 0 Å². The van der Waals surface area contributed by atoms with Crippen LogP contribution in [-0.2, 0) is 14.6 Å². The van der Waals surface area contributed by atoms with Gasteiger partial charge < -0.3 is 5.32 Å². The molecular weight excluding hydrogens is 403 g/mol. The molecule has 0 fully saturated rings. The van der Waals surface area contributed by atoms with Crippen molar-refractivity contribution < 1.29 is 13.2 Å². The molecule has 1 heterocycles. The van der Waals surface area contributed by atoms with Crippen LogP contribution < -0.4 is 5.32 Å². The number of halogens is 2. The number of amides is 1. The van der Waals surface area contributed by atoms with Gasteiger partial charge in [0.05, 0.1) is 19.6 Å². The van der Waals surface area contributed by atoms with Gasteiger partial charge in [0.2, 0.25) is 5.91 Å². The van der Waals surface area contributed by atoms with Crippen LogP contribution in [-0.4, -0.2) is 25.1 Å². The number of sulfone groups is 1. The van der Waals surface area contributed by atoms with Crippen molar-refractivity contribution in [2.75, 3.05) is 11.1 Å². The number of anilines is 1. The lowest BCUT2D eigenvalue weighted by Crippen LogP contribution is -2.22. The third-order valence-corrected chi connectivity index (χ3v) is 6.76. The maximum absolute atomic E-state index is 12.3. The van der Waals surface area contributed by atoms with Crippen LogP contribution in [0.2, 0.25) is 10.0 Å². The number of nitrogens with one attached hydrogen (secondary N) is 1. The summed E-state index contributed by atoms with van der Waals surface area (Å²) in [5, 5.41) is 3.61. The molecule has 25 heavy (non-hydrogen) atoms. The summed E-state index contributed by atoms with van der Waals surface area (Å²) in [5.74, 6) is -1.35. The second-order valence-electron chi connectivity index (χ2n) is 5.35. The predicted molar refractivity (Wildman–Crippen MR) is 102 cm³/mol. The molecule has 0 unspecified atom stereocenters. The van der Waals surface area contributed by atoms with E-state index in [2.05, 4.69) is 10.3 Å². The van der Waals surface area contributed by atoms with E-state index >= 15 is 0 Å². The second kappa shape index (κ2) is 6.92. The Labute approximate surface area is 158 Å². The first-order valence-electron chi connectivity index (χ1n) is 7.10. The van der Waals surface area contributed by atoms with Crippen molar-refractivity contribution in [3.63, 3.8) is 0 Å². The quantitative estimate of drug-likeness (QED) is 0.689. The molecule has 1 amide bonds. The maximum Gasteiger partial charge on any atom is 0.241 e. The Kier molecular flexibility index (Phi) is 5.02. The van der Waals surface area contributed by atoms with E-state index in [0.717, 1.165) is 16.9 Å². The first-order chi connectivity index (χ1) is 11.8. The zero-order valence-electron chi connectivity index (χ0n) is 12.9. The van der Waals surface area contributed by atoms with Crippen LogP contribution in [0.25, 0.3) is 10.2 Å². The van der Waals surface area contributed by atoms with Crippen molar-refractivity contribution >= 4 is 65.6 Å². The standard InChI is InChI=1S/C16H12Cl2N2O3S2/c1-9-2-4-10(5-3-9)25(22,23)8-13(21)19-16-20-14-11(17)6-7-12(18)15(14)24-16/h2-7H,8H2,1H3,(H,19,20,21). The fourth-order valence-corrected chi connectivity index (χ4v) is 4.73. The molecule has 0 aliphatic heterocycles. The number of thiazole rings is 1. The maximum atomic E-state index is 12.3. The van der Waals surface area contributed by atoms with Crippen LogP contribution in [0.3, 0.4) is 0 Å². The summed E-state index contributed by atoms with van der Waals surface area (Å²) < 4.78 is 25.2. The molecule has 3 rings (SSSR count). The number of nitrogens with zero attached hydrogens (tertiary/aromatic N) is 1. The molecule has 0 aliphatic carbocycles. The van der Waals surface area contributed by atoms with E-state index in [4.69, 9.17) is 23.2 Å². The molecule has 0 bridgehead atoms. The number of aryl methyl sites for hydroxylation is 1. The van der Waals surface area contributed by atoms with E-state index in [1.807, 2.05) is 6.92 Å². The number of rotatable bonds is 4. The van der Waals surface area contributed by atoms with Gasteiger partial charge in [-0.3, -0.25) is 4.79 Å². The summed E-state index contributed by atoms with van der Waals surface area (Å²) in [4.78, 5) is 16.4. The first kappa shape index (κ1) is 18.1. The average molecular weight is 415 g/mol. The Hall–Kier alpha value is -1.67. The molecule has 5 nitrogen and oxygen atoms in total. The molecule has 0 spiro atoms. The van der Waals surface area contributed by atoms with Gasteiger partial charge >= 0.3 is 0 Å². The minimum absolute atomic E-state index is 0.101. The molecule has 3 aromatic rings. The number of benzene rings is 2. The van der Waals surface area contributed by atoms with Gasteiger partial charge in [-0.2, -0.15) is 0 Å². The summed E-state index contributed by atoms with van der Waals surface area (Å²) >= 11 is 13.3. The third-order valence-electron chi connectivity index (χ3n) is 3.39. The van der Waals surface area contributed by atoms with E-state index in [1.165, 1.54) is 12.1 Å². The molecule has 1 N–H and O–H groups in total. The molecule has 0 saturated heterocycles. The molecule has 0 atom stereocenters. The van der Waals surface area contributed by atoms with Gasteiger partial charge in [-0.1, -0.05) is 52.2 Å². The fraction of sp³-hybridized carbons (Fsp3) is 0.125. The Morgan fingerprint density at radius 3 is 2.40 bits per heavy atom. The van der Waals surface area contributed by atoms with Crippen molar-refractivity contribution in [2.24, 2.45) is 0 Å². The van der Waals surface area contributed by atoms with Crippen molar-refractivity contribution in [2.45, 2.75) is 11.8 Å². The van der Waals surface area contributed by atoms with E-state index in [-0.39, 0.29) is 10.0 Å². The topological polar surface area (TPSA) is 76.1 Å². The second-order valence-corrected chi connectivity index (χ2v) is 9.15. The number of aromatic nitrogens is 1. The minimum atomic E-state index is -3.73. The van der Waals surface area contributed by atoms with Gasteiger partial charge in [0.15, 0.2) is 15.0 Å². The molecule has 130 valence electrons. The lowest BCUT2D eigenvalue weighted by molar-refractivity contribution is -0.113. The zero-order valence-corrected chi connectivity index (χ0v) is 16.1. The Morgan fingerprint density at radius 2 is 1.76 bits per heavy atom. The van der Waals surface area contributed by atoms with Crippen molar-refractivity contribution in [3.05, 3.63) is 52.0 Å². The van der Waals surface area contributed by atoms with Gasteiger partial charge in [0.25, 0.3) is 0 Å². The van der Waals surface area contributed by atoms with E-state index in [1.54, 1.807) is 24.3 Å². The van der Waals surface area contributed by atoms with Crippen molar-refractivity contribution in [3.8, 4) is 0 Å². The fourth-order valence-electron chi connectivity index (χ4n) is 2.16. The highest BCUT2D eigenvalue weighted by Crippen LogP contribution is 2.36. The lowest BCUT2D eigenvalue weighted by Gasteiger charge is -2.04. The van der Waals surface area contributed by atoms with Crippen LogP contribution in [0.15, 0.2) is 41.3 Å². The van der Waals surface area contributed by atoms with Crippen molar-refractivity contribution in [1.82, 2.24) is 4.98 Å². The number of hydrogen-bond acceptors (Lipinski definition) is 5. The Bertz CT molecular complexity index is 1020. The lowest BCUT2D eigenvalue weighted by atomic mass is 10.2. The van der Waals surface area contributed by atoms with Crippen LogP contribution >= 0.6 is 34.5 Å². The minimum Gasteiger partial charge on any atom is -0.301 e. The molecule has 0 aliphatic rings. The SMILES string of the molecule is Cc1ccc(S(=O)(=O)CC(=O)Nc2nc3c(Cl)ccc(Cl)c3s2)cc1. The van der Waals surface area contributed by atoms with Gasteiger partial charge in [-0.15, -0.1) is 0 Å². The van der Waals surface area contributed by atoms with E-state index < -0.39 is 21.5 Å². The summed E-state index contributed by atoms with van der Waals surface area (Å²) in [5.41, 5.74) is 1.41. The summed E-state index contributed by atoms with van der Waals surface area (Å²) in [6, 6.07) is 9.58. The van der Waals surface area contributed by atoms with Gasteiger partial charge in [0, 0.05) is 0 Å².